The third-order valence-corrected chi connectivity index (χ3v) is 4.56. The number of anilines is 1. The van der Waals surface area contributed by atoms with Gasteiger partial charge in [0, 0.05) is 45.3 Å². The van der Waals surface area contributed by atoms with Crippen LogP contribution in [0.1, 0.15) is 11.1 Å². The first-order chi connectivity index (χ1) is 10.6. The van der Waals surface area contributed by atoms with Crippen LogP contribution in [0, 0.1) is 0 Å². The van der Waals surface area contributed by atoms with Crippen LogP contribution in [0.2, 0.25) is 0 Å². The molecular formula is C18H13BrN2O. The fourth-order valence-corrected chi connectivity index (χ4v) is 3.29. The maximum Gasteiger partial charge on any atom is 0.258 e. The maximum atomic E-state index is 12.5. The molecule has 2 heterocycles. The monoisotopic (exact) mass is 352 g/mol. The van der Waals surface area contributed by atoms with E-state index < -0.39 is 0 Å². The maximum absolute atomic E-state index is 12.5. The Balaban J connectivity index is 1.92. The minimum absolute atomic E-state index is 0.0329. The number of amides is 1. The van der Waals surface area contributed by atoms with Crippen LogP contribution >= 0.6 is 15.9 Å². The fourth-order valence-electron chi connectivity index (χ4n) is 2.93. The van der Waals surface area contributed by atoms with Gasteiger partial charge in [-0.2, -0.15) is 0 Å². The number of aromatic amines is 1. The molecule has 0 atom stereocenters. The van der Waals surface area contributed by atoms with Crippen molar-refractivity contribution in [3.8, 4) is 0 Å². The number of nitrogens with one attached hydrogen (secondary N) is 1. The van der Waals surface area contributed by atoms with Gasteiger partial charge in [0.05, 0.1) is 5.69 Å². The number of benzene rings is 2. The quantitative estimate of drug-likeness (QED) is 0.645. The fraction of sp³-hybridized carbons (Fsp3) is 0.0556. The van der Waals surface area contributed by atoms with Gasteiger partial charge in [-0.25, -0.2) is 0 Å². The Bertz CT molecular complexity index is 939. The Kier molecular flexibility index (Phi) is 2.94. The van der Waals surface area contributed by atoms with Gasteiger partial charge < -0.3 is 9.88 Å². The van der Waals surface area contributed by atoms with Crippen LogP contribution in [0.5, 0.6) is 0 Å². The molecule has 2 aromatic carbocycles. The molecule has 0 spiro atoms. The number of hydrogen-bond donors (Lipinski definition) is 1. The van der Waals surface area contributed by atoms with Crippen LogP contribution in [0.15, 0.2) is 53.1 Å². The van der Waals surface area contributed by atoms with Gasteiger partial charge in [-0.1, -0.05) is 34.1 Å². The smallest absolute Gasteiger partial charge is 0.258 e. The third-order valence-electron chi connectivity index (χ3n) is 4.07. The first kappa shape index (κ1) is 13.3. The SMILES string of the molecule is CN1C(=O)/C(=C/c2c[nH]c3ccc(Br)cc23)c2ccccc21. The first-order valence-corrected chi connectivity index (χ1v) is 7.80. The van der Waals surface area contributed by atoms with Gasteiger partial charge in [-0.3, -0.25) is 4.79 Å². The number of H-pyrrole nitrogens is 1. The average Bonchev–Trinajstić information content (AvgIpc) is 3.03. The van der Waals surface area contributed by atoms with Gasteiger partial charge in [0.15, 0.2) is 0 Å². The van der Waals surface area contributed by atoms with E-state index >= 15 is 0 Å². The summed E-state index contributed by atoms with van der Waals surface area (Å²) < 4.78 is 1.02. The van der Waals surface area contributed by atoms with Crippen LogP contribution in [0.25, 0.3) is 22.6 Å². The number of para-hydroxylation sites is 1. The summed E-state index contributed by atoms with van der Waals surface area (Å²) in [6.45, 7) is 0. The summed E-state index contributed by atoms with van der Waals surface area (Å²) in [6, 6.07) is 14.0. The second kappa shape index (κ2) is 4.85. The van der Waals surface area contributed by atoms with Gasteiger partial charge in [0.1, 0.15) is 0 Å². The standard InChI is InChI=1S/C18H13BrN2O/c1-21-17-5-3-2-4-13(17)15(18(21)22)8-11-10-20-16-7-6-12(19)9-14(11)16/h2-10,20H,1H3/b15-8+. The normalized spacial score (nSPS) is 15.8. The molecule has 0 unspecified atom stereocenters. The Morgan fingerprint density at radius 2 is 2.00 bits per heavy atom. The van der Waals surface area contributed by atoms with Crippen LogP contribution in [0.3, 0.4) is 0 Å². The third kappa shape index (κ3) is 1.91. The summed E-state index contributed by atoms with van der Waals surface area (Å²) in [5, 5.41) is 1.10. The van der Waals surface area contributed by atoms with Crippen molar-refractivity contribution >= 4 is 50.1 Å². The molecule has 4 heteroatoms. The molecule has 0 aliphatic carbocycles. The molecule has 0 saturated carbocycles. The molecule has 1 aromatic heterocycles. The van der Waals surface area contributed by atoms with Crippen molar-refractivity contribution < 1.29 is 4.79 Å². The number of carbonyl (C=O) groups excluding carboxylic acids is 1. The van der Waals surface area contributed by atoms with Gasteiger partial charge in [0.2, 0.25) is 0 Å². The second-order valence-corrected chi connectivity index (χ2v) is 6.29. The molecule has 1 aliphatic rings. The Morgan fingerprint density at radius 1 is 1.18 bits per heavy atom. The molecule has 0 saturated heterocycles. The number of carbonyl (C=O) groups is 1. The van der Waals surface area contributed by atoms with Crippen molar-refractivity contribution in [3.05, 3.63) is 64.3 Å². The van der Waals surface area contributed by atoms with Crippen molar-refractivity contribution in [3.63, 3.8) is 0 Å². The van der Waals surface area contributed by atoms with Crippen LogP contribution in [-0.4, -0.2) is 17.9 Å². The van der Waals surface area contributed by atoms with E-state index in [0.717, 1.165) is 37.8 Å². The van der Waals surface area contributed by atoms with E-state index in [1.165, 1.54) is 0 Å². The molecule has 3 aromatic rings. The highest BCUT2D eigenvalue weighted by Crippen LogP contribution is 2.37. The Morgan fingerprint density at radius 3 is 2.86 bits per heavy atom. The highest BCUT2D eigenvalue weighted by Gasteiger charge is 2.29. The number of fused-ring (bicyclic) bond motifs is 2. The summed E-state index contributed by atoms with van der Waals surface area (Å²) in [7, 11) is 1.81. The van der Waals surface area contributed by atoms with Gasteiger partial charge in [0.25, 0.3) is 5.91 Å². The number of hydrogen-bond acceptors (Lipinski definition) is 1. The molecule has 1 amide bonds. The number of likely N-dealkylation sites (N-methyl/N-ethyl adjacent to an activating group) is 1. The largest absolute Gasteiger partial charge is 0.361 e. The van der Waals surface area contributed by atoms with E-state index in [2.05, 4.69) is 27.0 Å². The summed E-state index contributed by atoms with van der Waals surface area (Å²) in [4.78, 5) is 17.5. The van der Waals surface area contributed by atoms with Crippen molar-refractivity contribution in [1.82, 2.24) is 4.98 Å². The molecule has 22 heavy (non-hydrogen) atoms. The van der Waals surface area contributed by atoms with E-state index in [4.69, 9.17) is 0 Å². The highest BCUT2D eigenvalue weighted by atomic mass is 79.9. The molecule has 0 fully saturated rings. The van der Waals surface area contributed by atoms with Gasteiger partial charge in [-0.15, -0.1) is 0 Å². The van der Waals surface area contributed by atoms with Crippen LogP contribution in [-0.2, 0) is 4.79 Å². The lowest BCUT2D eigenvalue weighted by molar-refractivity contribution is -0.112. The van der Waals surface area contributed by atoms with Crippen molar-refractivity contribution in [2.75, 3.05) is 11.9 Å². The Labute approximate surface area is 136 Å². The van der Waals surface area contributed by atoms with E-state index in [-0.39, 0.29) is 5.91 Å². The van der Waals surface area contributed by atoms with Crippen molar-refractivity contribution in [2.24, 2.45) is 0 Å². The zero-order chi connectivity index (χ0) is 15.3. The predicted octanol–water partition coefficient (Wildman–Crippen LogP) is 4.45. The topological polar surface area (TPSA) is 36.1 Å². The summed E-state index contributed by atoms with van der Waals surface area (Å²) >= 11 is 3.50. The molecule has 1 aliphatic heterocycles. The molecular weight excluding hydrogens is 340 g/mol. The second-order valence-electron chi connectivity index (χ2n) is 5.37. The van der Waals surface area contributed by atoms with E-state index in [0.29, 0.717) is 0 Å². The minimum atomic E-state index is 0.0329. The predicted molar refractivity (Wildman–Crippen MR) is 93.7 cm³/mol. The van der Waals surface area contributed by atoms with Gasteiger partial charge >= 0.3 is 0 Å². The van der Waals surface area contributed by atoms with Crippen LogP contribution in [0.4, 0.5) is 5.69 Å². The lowest BCUT2D eigenvalue weighted by Crippen LogP contribution is -2.20. The number of rotatable bonds is 1. The summed E-state index contributed by atoms with van der Waals surface area (Å²) in [5.74, 6) is 0.0329. The minimum Gasteiger partial charge on any atom is -0.361 e. The first-order valence-electron chi connectivity index (χ1n) is 7.01. The average molecular weight is 353 g/mol. The zero-order valence-corrected chi connectivity index (χ0v) is 13.5. The zero-order valence-electron chi connectivity index (χ0n) is 11.9. The van der Waals surface area contributed by atoms with Crippen LogP contribution < -0.4 is 4.90 Å². The number of nitrogens with zero attached hydrogens (tertiary/aromatic N) is 1. The Hall–Kier alpha value is -2.33. The van der Waals surface area contributed by atoms with Crippen molar-refractivity contribution in [2.45, 2.75) is 0 Å². The molecule has 1 N–H and O–H groups in total. The number of halogens is 1. The molecule has 4 rings (SSSR count). The lowest BCUT2D eigenvalue weighted by atomic mass is 10.0. The molecule has 0 radical (unpaired) electrons. The lowest BCUT2D eigenvalue weighted by Gasteiger charge is -2.07. The number of aromatic nitrogens is 1. The van der Waals surface area contributed by atoms with E-state index in [1.807, 2.05) is 55.7 Å². The van der Waals surface area contributed by atoms with Crippen molar-refractivity contribution in [1.29, 1.82) is 0 Å². The highest BCUT2D eigenvalue weighted by molar-refractivity contribution is 9.10. The van der Waals surface area contributed by atoms with E-state index in [1.54, 1.807) is 4.90 Å². The molecule has 0 bridgehead atoms. The summed E-state index contributed by atoms with van der Waals surface area (Å²) in [5.41, 5.74) is 4.75. The summed E-state index contributed by atoms with van der Waals surface area (Å²) in [6.07, 6.45) is 3.91. The molecule has 108 valence electrons. The van der Waals surface area contributed by atoms with E-state index in [9.17, 15) is 4.79 Å². The molecule has 3 nitrogen and oxygen atoms in total. The van der Waals surface area contributed by atoms with Gasteiger partial charge in [-0.05, 0) is 30.3 Å².